The molecule has 0 radical (unpaired) electrons. The summed E-state index contributed by atoms with van der Waals surface area (Å²) >= 11 is 0. The first-order chi connectivity index (χ1) is 10.6. The fourth-order valence-electron chi connectivity index (χ4n) is 3.05. The fraction of sp³-hybridized carbons (Fsp3) is 0.647. The maximum Gasteiger partial charge on any atom is 0.255 e. The lowest BCUT2D eigenvalue weighted by Crippen LogP contribution is -2.47. The van der Waals surface area contributed by atoms with Gasteiger partial charge in [-0.3, -0.25) is 4.79 Å². The number of carbonyl (C=O) groups is 1. The van der Waals surface area contributed by atoms with Gasteiger partial charge in [0.15, 0.2) is 0 Å². The summed E-state index contributed by atoms with van der Waals surface area (Å²) in [6, 6.07) is 4.66. The molecule has 1 aliphatic heterocycles. The highest BCUT2D eigenvalue weighted by Crippen LogP contribution is 2.17. The lowest BCUT2D eigenvalue weighted by atomic mass is 10.1. The number of hydrogen-bond acceptors (Lipinski definition) is 4. The van der Waals surface area contributed by atoms with Crippen LogP contribution in [0.2, 0.25) is 0 Å². The smallest absolute Gasteiger partial charge is 0.255 e. The number of rotatable bonds is 5. The first-order valence-corrected chi connectivity index (χ1v) is 8.26. The van der Waals surface area contributed by atoms with E-state index in [0.717, 1.165) is 38.3 Å². The van der Waals surface area contributed by atoms with Crippen molar-refractivity contribution < 1.29 is 4.79 Å². The molecule has 0 aromatic carbocycles. The van der Waals surface area contributed by atoms with Crippen molar-refractivity contribution in [1.29, 1.82) is 0 Å². The molecular formula is C17H28N4O. The number of pyridine rings is 1. The zero-order valence-corrected chi connectivity index (χ0v) is 14.2. The molecule has 1 aromatic heterocycles. The van der Waals surface area contributed by atoms with E-state index in [1.54, 1.807) is 6.20 Å². The number of likely N-dealkylation sites (tertiary alicyclic amines) is 1. The predicted octanol–water partition coefficient (Wildman–Crippen LogP) is 2.14. The van der Waals surface area contributed by atoms with Crippen molar-refractivity contribution >= 4 is 11.7 Å². The minimum Gasteiger partial charge on any atom is -0.354 e. The number of nitrogens with zero attached hydrogens (tertiary/aromatic N) is 3. The summed E-state index contributed by atoms with van der Waals surface area (Å²) in [7, 11) is 1.96. The monoisotopic (exact) mass is 304 g/mol. The van der Waals surface area contributed by atoms with Crippen molar-refractivity contribution in [2.75, 3.05) is 31.6 Å². The number of nitrogens with one attached hydrogen (secondary N) is 1. The number of likely N-dealkylation sites (N-methyl/N-ethyl adjacent to an activating group) is 1. The highest BCUT2D eigenvalue weighted by molar-refractivity contribution is 5.94. The van der Waals surface area contributed by atoms with E-state index in [1.165, 1.54) is 0 Å². The number of piperidine rings is 1. The number of aromatic nitrogens is 1. The molecule has 1 aromatic rings. The largest absolute Gasteiger partial charge is 0.354 e. The molecule has 1 atom stereocenters. The number of amides is 1. The molecule has 5 nitrogen and oxygen atoms in total. The van der Waals surface area contributed by atoms with E-state index in [4.69, 9.17) is 0 Å². The SMILES string of the molecule is CCN(c1ccc(C(=O)N2CCCC(NC)C2)cn1)C(C)C. The number of carbonyl (C=O) groups excluding carboxylic acids is 1. The van der Waals surface area contributed by atoms with E-state index in [9.17, 15) is 4.79 Å². The van der Waals surface area contributed by atoms with Gasteiger partial charge in [0.05, 0.1) is 5.56 Å². The molecule has 0 bridgehead atoms. The molecule has 122 valence electrons. The van der Waals surface area contributed by atoms with Crippen LogP contribution in [0, 0.1) is 0 Å². The van der Waals surface area contributed by atoms with E-state index < -0.39 is 0 Å². The third-order valence-corrected chi connectivity index (χ3v) is 4.37. The zero-order chi connectivity index (χ0) is 16.1. The second-order valence-corrected chi connectivity index (χ2v) is 6.16. The zero-order valence-electron chi connectivity index (χ0n) is 14.2. The fourth-order valence-corrected chi connectivity index (χ4v) is 3.05. The van der Waals surface area contributed by atoms with Crippen molar-refractivity contribution in [3.05, 3.63) is 23.9 Å². The van der Waals surface area contributed by atoms with Gasteiger partial charge in [-0.15, -0.1) is 0 Å². The third-order valence-electron chi connectivity index (χ3n) is 4.37. The van der Waals surface area contributed by atoms with E-state index in [0.29, 0.717) is 17.6 Å². The Labute approximate surface area is 133 Å². The summed E-state index contributed by atoms with van der Waals surface area (Å²) in [5.74, 6) is 1.02. The summed E-state index contributed by atoms with van der Waals surface area (Å²) in [4.78, 5) is 21.2. The molecule has 0 spiro atoms. The molecule has 0 saturated carbocycles. The molecule has 1 saturated heterocycles. The summed E-state index contributed by atoms with van der Waals surface area (Å²) < 4.78 is 0. The summed E-state index contributed by atoms with van der Waals surface area (Å²) in [5, 5.41) is 3.27. The van der Waals surface area contributed by atoms with Crippen molar-refractivity contribution in [2.24, 2.45) is 0 Å². The van der Waals surface area contributed by atoms with E-state index in [-0.39, 0.29) is 5.91 Å². The summed E-state index contributed by atoms with van der Waals surface area (Å²) in [5.41, 5.74) is 0.681. The Kier molecular flexibility index (Phi) is 5.77. The van der Waals surface area contributed by atoms with Crippen molar-refractivity contribution in [1.82, 2.24) is 15.2 Å². The highest BCUT2D eigenvalue weighted by atomic mass is 16.2. The van der Waals surface area contributed by atoms with Crippen LogP contribution in [0.1, 0.15) is 44.0 Å². The summed E-state index contributed by atoms with van der Waals surface area (Å²) in [6.07, 6.45) is 3.91. The molecule has 2 heterocycles. The molecule has 1 aliphatic rings. The van der Waals surface area contributed by atoms with Gasteiger partial charge in [-0.1, -0.05) is 0 Å². The van der Waals surface area contributed by atoms with Crippen LogP contribution in [0.25, 0.3) is 0 Å². The predicted molar refractivity (Wildman–Crippen MR) is 90.4 cm³/mol. The van der Waals surface area contributed by atoms with Crippen molar-refractivity contribution in [2.45, 2.75) is 45.7 Å². The first kappa shape index (κ1) is 16.7. The second-order valence-electron chi connectivity index (χ2n) is 6.16. The van der Waals surface area contributed by atoms with E-state index >= 15 is 0 Å². The highest BCUT2D eigenvalue weighted by Gasteiger charge is 2.23. The number of anilines is 1. The summed E-state index contributed by atoms with van der Waals surface area (Å²) in [6.45, 7) is 8.95. The van der Waals surface area contributed by atoms with Gasteiger partial charge in [-0.2, -0.15) is 0 Å². The Hall–Kier alpha value is -1.62. The van der Waals surface area contributed by atoms with Gasteiger partial charge in [0.1, 0.15) is 5.82 Å². The van der Waals surface area contributed by atoms with Crippen LogP contribution in [-0.4, -0.2) is 54.6 Å². The van der Waals surface area contributed by atoms with Gasteiger partial charge in [0.25, 0.3) is 5.91 Å². The molecular weight excluding hydrogens is 276 g/mol. The van der Waals surface area contributed by atoms with Gasteiger partial charge < -0.3 is 15.1 Å². The van der Waals surface area contributed by atoms with Crippen LogP contribution in [0.15, 0.2) is 18.3 Å². The van der Waals surface area contributed by atoms with Crippen molar-refractivity contribution in [3.63, 3.8) is 0 Å². The Morgan fingerprint density at radius 1 is 1.50 bits per heavy atom. The van der Waals surface area contributed by atoms with E-state index in [2.05, 4.69) is 36.0 Å². The van der Waals surface area contributed by atoms with Crippen molar-refractivity contribution in [3.8, 4) is 0 Å². The van der Waals surface area contributed by atoms with E-state index in [1.807, 2.05) is 24.1 Å². The molecule has 1 unspecified atom stereocenters. The molecule has 1 amide bonds. The standard InChI is InChI=1S/C17H28N4O/c1-5-21(13(2)3)16-9-8-14(11-19-16)17(22)20-10-6-7-15(12-20)18-4/h8-9,11,13,15,18H,5-7,10,12H2,1-4H3. The Morgan fingerprint density at radius 2 is 2.27 bits per heavy atom. The van der Waals surface area contributed by atoms with Crippen LogP contribution in [0.5, 0.6) is 0 Å². The molecule has 5 heteroatoms. The average Bonchev–Trinajstić information content (AvgIpc) is 2.55. The van der Waals surface area contributed by atoms with Gasteiger partial charge in [-0.25, -0.2) is 4.98 Å². The maximum absolute atomic E-state index is 12.6. The average molecular weight is 304 g/mol. The maximum atomic E-state index is 12.6. The Morgan fingerprint density at radius 3 is 2.82 bits per heavy atom. The minimum absolute atomic E-state index is 0.0894. The lowest BCUT2D eigenvalue weighted by Gasteiger charge is -2.32. The van der Waals surface area contributed by atoms with Gasteiger partial charge in [0.2, 0.25) is 0 Å². The molecule has 1 N–H and O–H groups in total. The first-order valence-electron chi connectivity index (χ1n) is 8.26. The normalized spacial score (nSPS) is 18.6. The van der Waals surface area contributed by atoms with Crippen LogP contribution >= 0.6 is 0 Å². The van der Waals surface area contributed by atoms with Crippen LogP contribution < -0.4 is 10.2 Å². The molecule has 22 heavy (non-hydrogen) atoms. The minimum atomic E-state index is 0.0894. The number of hydrogen-bond donors (Lipinski definition) is 1. The van der Waals surface area contributed by atoms with Crippen LogP contribution in [-0.2, 0) is 0 Å². The molecule has 2 rings (SSSR count). The van der Waals surface area contributed by atoms with Gasteiger partial charge >= 0.3 is 0 Å². The Bertz CT molecular complexity index is 486. The second kappa shape index (κ2) is 7.58. The Balaban J connectivity index is 2.08. The van der Waals surface area contributed by atoms with Crippen LogP contribution in [0.3, 0.4) is 0 Å². The molecule has 1 fully saturated rings. The quantitative estimate of drug-likeness (QED) is 0.905. The molecule has 0 aliphatic carbocycles. The lowest BCUT2D eigenvalue weighted by molar-refractivity contribution is 0.0698. The van der Waals surface area contributed by atoms with Gasteiger partial charge in [-0.05, 0) is 52.8 Å². The topological polar surface area (TPSA) is 48.5 Å². The van der Waals surface area contributed by atoms with Crippen LogP contribution in [0.4, 0.5) is 5.82 Å². The third kappa shape index (κ3) is 3.77. The van der Waals surface area contributed by atoms with Gasteiger partial charge in [0, 0.05) is 37.9 Å².